The minimum atomic E-state index is 0.908. The lowest BCUT2D eigenvalue weighted by atomic mass is 9.81. The molecule has 0 unspecified atom stereocenters. The molecule has 1 nitrogen and oxygen atoms in total. The average Bonchev–Trinajstić information content (AvgIpc) is 3.55. The van der Waals surface area contributed by atoms with Crippen molar-refractivity contribution in [1.82, 2.24) is 0 Å². The van der Waals surface area contributed by atoms with E-state index in [9.17, 15) is 0 Å². The predicted molar refractivity (Wildman–Crippen MR) is 208 cm³/mol. The Morgan fingerprint density at radius 3 is 1.49 bits per heavy atom. The molecule has 9 aromatic carbocycles. The number of hydrogen-bond donors (Lipinski definition) is 0. The number of para-hydroxylation sites is 1. The summed E-state index contributed by atoms with van der Waals surface area (Å²) in [6.45, 7) is 0. The molecule has 0 saturated carbocycles. The van der Waals surface area contributed by atoms with Crippen LogP contribution in [0, 0.1) is 0 Å². The first-order chi connectivity index (χ1) is 24.3. The maximum Gasteiger partial charge on any atom is 0.136 e. The molecular weight excluding hydrogens is 593 g/mol. The van der Waals surface area contributed by atoms with Crippen LogP contribution in [0.15, 0.2) is 186 Å². The van der Waals surface area contributed by atoms with E-state index in [1.54, 1.807) is 0 Å². The molecule has 10 aromatic rings. The van der Waals surface area contributed by atoms with Gasteiger partial charge in [0.15, 0.2) is 0 Å². The normalized spacial score (nSPS) is 11.7. The lowest BCUT2D eigenvalue weighted by molar-refractivity contribution is 0.669. The highest BCUT2D eigenvalue weighted by Gasteiger charge is 2.21. The highest BCUT2D eigenvalue weighted by molar-refractivity contribution is 6.25. The van der Waals surface area contributed by atoms with Crippen molar-refractivity contribution in [2.75, 3.05) is 0 Å². The molecule has 1 aromatic heterocycles. The molecule has 0 atom stereocenters. The summed E-state index contributed by atoms with van der Waals surface area (Å²) in [5, 5.41) is 9.68. The number of rotatable bonds is 4. The van der Waals surface area contributed by atoms with Gasteiger partial charge in [-0.25, -0.2) is 0 Å². The third-order valence-electron chi connectivity index (χ3n) is 10.1. The molecule has 0 aliphatic heterocycles. The summed E-state index contributed by atoms with van der Waals surface area (Å²) in [6.07, 6.45) is 0. The summed E-state index contributed by atoms with van der Waals surface area (Å²) in [6, 6.07) is 65.8. The van der Waals surface area contributed by atoms with Gasteiger partial charge in [0, 0.05) is 10.8 Å². The molecule has 0 N–H and O–H groups in total. The van der Waals surface area contributed by atoms with Crippen molar-refractivity contribution >= 4 is 54.3 Å². The van der Waals surface area contributed by atoms with Crippen molar-refractivity contribution in [3.8, 4) is 44.5 Å². The Bertz CT molecular complexity index is 2800. The number of furan rings is 1. The van der Waals surface area contributed by atoms with Crippen LogP contribution in [-0.4, -0.2) is 0 Å². The second kappa shape index (κ2) is 11.1. The first-order valence-corrected chi connectivity index (χ1v) is 16.8. The van der Waals surface area contributed by atoms with Gasteiger partial charge in [-0.3, -0.25) is 0 Å². The molecule has 0 fully saturated rings. The monoisotopic (exact) mass is 622 g/mol. The maximum atomic E-state index is 6.39. The molecule has 0 aliphatic rings. The van der Waals surface area contributed by atoms with Crippen LogP contribution in [0.5, 0.6) is 0 Å². The van der Waals surface area contributed by atoms with Gasteiger partial charge in [-0.05, 0) is 101 Å². The van der Waals surface area contributed by atoms with Gasteiger partial charge in [0.05, 0.1) is 0 Å². The van der Waals surface area contributed by atoms with Crippen LogP contribution < -0.4 is 0 Å². The van der Waals surface area contributed by atoms with Gasteiger partial charge >= 0.3 is 0 Å². The Morgan fingerprint density at radius 2 is 0.796 bits per heavy atom. The van der Waals surface area contributed by atoms with Crippen molar-refractivity contribution < 1.29 is 4.42 Å². The number of benzene rings is 9. The fourth-order valence-electron chi connectivity index (χ4n) is 7.86. The Labute approximate surface area is 284 Å². The molecule has 1 heteroatoms. The van der Waals surface area contributed by atoms with Crippen molar-refractivity contribution in [2.24, 2.45) is 0 Å². The molecule has 49 heavy (non-hydrogen) atoms. The van der Waals surface area contributed by atoms with Gasteiger partial charge in [0.2, 0.25) is 0 Å². The van der Waals surface area contributed by atoms with E-state index in [2.05, 4.69) is 170 Å². The van der Waals surface area contributed by atoms with E-state index < -0.39 is 0 Å². The van der Waals surface area contributed by atoms with Gasteiger partial charge < -0.3 is 4.42 Å². The summed E-state index contributed by atoms with van der Waals surface area (Å²) >= 11 is 0. The third kappa shape index (κ3) is 4.40. The van der Waals surface area contributed by atoms with Crippen LogP contribution >= 0.6 is 0 Å². The molecule has 0 radical (unpaired) electrons. The highest BCUT2D eigenvalue weighted by atomic mass is 16.3. The van der Waals surface area contributed by atoms with Gasteiger partial charge in [-0.15, -0.1) is 0 Å². The first-order valence-electron chi connectivity index (χ1n) is 16.8. The molecule has 10 rings (SSSR count). The number of hydrogen-bond acceptors (Lipinski definition) is 1. The summed E-state index contributed by atoms with van der Waals surface area (Å²) in [4.78, 5) is 0. The van der Waals surface area contributed by atoms with Crippen LogP contribution in [0.2, 0.25) is 0 Å². The summed E-state index contributed by atoms with van der Waals surface area (Å²) < 4.78 is 6.39. The topological polar surface area (TPSA) is 13.1 Å². The van der Waals surface area contributed by atoms with Gasteiger partial charge in [0.1, 0.15) is 11.2 Å². The predicted octanol–water partition coefficient (Wildman–Crippen LogP) is 13.7. The minimum Gasteiger partial charge on any atom is -0.456 e. The van der Waals surface area contributed by atoms with Crippen LogP contribution in [0.25, 0.3) is 98.8 Å². The van der Waals surface area contributed by atoms with Crippen molar-refractivity contribution in [3.05, 3.63) is 182 Å². The first kappa shape index (κ1) is 27.7. The maximum absolute atomic E-state index is 6.39. The highest BCUT2D eigenvalue weighted by Crippen LogP contribution is 2.49. The van der Waals surface area contributed by atoms with E-state index in [1.165, 1.54) is 71.3 Å². The Balaban J connectivity index is 1.31. The molecule has 0 spiro atoms. The molecule has 228 valence electrons. The fraction of sp³-hybridized carbons (Fsp3) is 0. The standard InChI is InChI=1S/C48H30O/c1-3-13-31(14-4-1)33-23-26-37-34(29-33)24-27-36(32-15-5-2-6-16-32)47(37)48-42-20-9-7-18-40(42)46(41-19-8-10-21-43(41)48)35-25-28-39-38-17-11-12-22-44(38)49-45(39)30-35/h1-30H. The van der Waals surface area contributed by atoms with Crippen molar-refractivity contribution in [2.45, 2.75) is 0 Å². The molecule has 0 amide bonds. The van der Waals surface area contributed by atoms with E-state index >= 15 is 0 Å². The third-order valence-corrected chi connectivity index (χ3v) is 10.1. The van der Waals surface area contributed by atoms with Gasteiger partial charge in [-0.1, -0.05) is 158 Å². The Kier molecular flexibility index (Phi) is 6.25. The van der Waals surface area contributed by atoms with Gasteiger partial charge in [-0.2, -0.15) is 0 Å². The largest absolute Gasteiger partial charge is 0.456 e. The van der Waals surface area contributed by atoms with E-state index in [0.717, 1.165) is 27.5 Å². The molecule has 0 saturated heterocycles. The van der Waals surface area contributed by atoms with Crippen molar-refractivity contribution in [3.63, 3.8) is 0 Å². The zero-order valence-electron chi connectivity index (χ0n) is 26.7. The summed E-state index contributed by atoms with van der Waals surface area (Å²) in [5.41, 5.74) is 11.6. The summed E-state index contributed by atoms with van der Waals surface area (Å²) in [7, 11) is 0. The second-order valence-electron chi connectivity index (χ2n) is 12.8. The minimum absolute atomic E-state index is 0.908. The Hall–Kier alpha value is -6.44. The lowest BCUT2D eigenvalue weighted by Crippen LogP contribution is -1.94. The van der Waals surface area contributed by atoms with Crippen LogP contribution in [0.4, 0.5) is 0 Å². The zero-order chi connectivity index (χ0) is 32.3. The van der Waals surface area contributed by atoms with E-state index in [4.69, 9.17) is 4.42 Å². The molecular formula is C48H30O. The summed E-state index contributed by atoms with van der Waals surface area (Å²) in [5.74, 6) is 0. The van der Waals surface area contributed by atoms with Crippen LogP contribution in [0.3, 0.4) is 0 Å². The zero-order valence-corrected chi connectivity index (χ0v) is 26.7. The number of fused-ring (bicyclic) bond motifs is 6. The molecule has 0 aliphatic carbocycles. The van der Waals surface area contributed by atoms with E-state index in [-0.39, 0.29) is 0 Å². The van der Waals surface area contributed by atoms with E-state index in [0.29, 0.717) is 0 Å². The van der Waals surface area contributed by atoms with Crippen LogP contribution in [-0.2, 0) is 0 Å². The van der Waals surface area contributed by atoms with Crippen molar-refractivity contribution in [1.29, 1.82) is 0 Å². The van der Waals surface area contributed by atoms with Crippen LogP contribution in [0.1, 0.15) is 0 Å². The smallest absolute Gasteiger partial charge is 0.136 e. The molecule has 1 heterocycles. The Morgan fingerprint density at radius 1 is 0.265 bits per heavy atom. The van der Waals surface area contributed by atoms with Gasteiger partial charge in [0.25, 0.3) is 0 Å². The molecule has 0 bridgehead atoms. The van der Waals surface area contributed by atoms with E-state index in [1.807, 2.05) is 12.1 Å². The second-order valence-corrected chi connectivity index (χ2v) is 12.8. The average molecular weight is 623 g/mol. The lowest BCUT2D eigenvalue weighted by Gasteiger charge is -2.21. The quantitative estimate of drug-likeness (QED) is 0.178. The fourth-order valence-corrected chi connectivity index (χ4v) is 7.86. The SMILES string of the molecule is c1ccc(-c2ccc3c(-c4c5ccccc5c(-c5ccc6c(c5)oc5ccccc56)c5ccccc45)c(-c4ccccc4)ccc3c2)cc1.